The summed E-state index contributed by atoms with van der Waals surface area (Å²) in [7, 11) is 1.61. The molecule has 2 atom stereocenters. The van der Waals surface area contributed by atoms with Gasteiger partial charge in [-0.1, -0.05) is 37.3 Å². The number of piperazine rings is 1. The van der Waals surface area contributed by atoms with Crippen molar-refractivity contribution in [1.82, 2.24) is 14.3 Å². The number of hydrogen-bond donors (Lipinski definition) is 0. The van der Waals surface area contributed by atoms with E-state index in [2.05, 4.69) is 46.1 Å². The standard InChI is InChI=1S/C32H39N5O4/c1-4-31(25(2)40-22-26-8-6-5-7-9-26)37-32(38)36(23-33-37)29-12-10-27(11-13-29)34-18-20-35(21-19-34)28-14-16-30(17-15-28)41-24-39-3/h5-17,23,25,31H,4,18-22,24H2,1-3H3/t25-,31-/m0/s1. The molecule has 3 aromatic carbocycles. The lowest BCUT2D eigenvalue weighted by molar-refractivity contribution is 0.0117. The summed E-state index contributed by atoms with van der Waals surface area (Å²) in [5, 5.41) is 4.47. The molecule has 0 N–H and O–H groups in total. The summed E-state index contributed by atoms with van der Waals surface area (Å²) < 4.78 is 19.7. The molecule has 0 radical (unpaired) electrons. The fraction of sp³-hybridized carbons (Fsp3) is 0.375. The van der Waals surface area contributed by atoms with Gasteiger partial charge in [-0.15, -0.1) is 0 Å². The topological polar surface area (TPSA) is 74.0 Å². The van der Waals surface area contributed by atoms with E-state index < -0.39 is 0 Å². The Labute approximate surface area is 241 Å². The molecule has 0 bridgehead atoms. The fourth-order valence-corrected chi connectivity index (χ4v) is 5.26. The summed E-state index contributed by atoms with van der Waals surface area (Å²) >= 11 is 0. The minimum Gasteiger partial charge on any atom is -0.468 e. The molecule has 0 unspecified atom stereocenters. The maximum atomic E-state index is 13.4. The van der Waals surface area contributed by atoms with E-state index in [1.165, 1.54) is 5.69 Å². The first-order chi connectivity index (χ1) is 20.1. The second-order valence-electron chi connectivity index (χ2n) is 10.2. The maximum absolute atomic E-state index is 13.4. The molecular weight excluding hydrogens is 518 g/mol. The highest BCUT2D eigenvalue weighted by molar-refractivity contribution is 5.54. The normalized spacial score (nSPS) is 15.1. The van der Waals surface area contributed by atoms with Gasteiger partial charge in [-0.2, -0.15) is 5.10 Å². The van der Waals surface area contributed by atoms with Crippen molar-refractivity contribution < 1.29 is 14.2 Å². The van der Waals surface area contributed by atoms with Crippen LogP contribution < -0.4 is 20.2 Å². The second kappa shape index (κ2) is 13.5. The molecule has 2 heterocycles. The zero-order valence-electron chi connectivity index (χ0n) is 24.1. The molecular formula is C32H39N5O4. The number of benzene rings is 3. The Morgan fingerprint density at radius 3 is 2.00 bits per heavy atom. The third kappa shape index (κ3) is 6.81. The number of rotatable bonds is 12. The molecule has 0 spiro atoms. The summed E-state index contributed by atoms with van der Waals surface area (Å²) in [5.74, 6) is 0.801. The highest BCUT2D eigenvalue weighted by atomic mass is 16.7. The molecule has 9 nitrogen and oxygen atoms in total. The van der Waals surface area contributed by atoms with Crippen molar-refractivity contribution in [2.45, 2.75) is 39.0 Å². The first-order valence-corrected chi connectivity index (χ1v) is 14.2. The predicted molar refractivity (Wildman–Crippen MR) is 161 cm³/mol. The average molecular weight is 558 g/mol. The Hall–Kier alpha value is -4.08. The van der Waals surface area contributed by atoms with Gasteiger partial charge in [0.15, 0.2) is 6.79 Å². The molecule has 0 aliphatic carbocycles. The largest absolute Gasteiger partial charge is 0.468 e. The van der Waals surface area contributed by atoms with E-state index in [0.29, 0.717) is 6.61 Å². The third-order valence-corrected chi connectivity index (χ3v) is 7.64. The van der Waals surface area contributed by atoms with Crippen LogP contribution in [-0.2, 0) is 16.1 Å². The molecule has 1 aliphatic heterocycles. The van der Waals surface area contributed by atoms with Crippen molar-refractivity contribution in [2.24, 2.45) is 0 Å². The molecule has 0 amide bonds. The minimum absolute atomic E-state index is 0.155. The quantitative estimate of drug-likeness (QED) is 0.230. The SMILES string of the molecule is CC[C@@H]([C@H](C)OCc1ccccc1)n1ncn(-c2ccc(N3CCN(c4ccc(OCOC)cc4)CC3)cc2)c1=O. The lowest BCUT2D eigenvalue weighted by Crippen LogP contribution is -2.46. The summed E-state index contributed by atoms with van der Waals surface area (Å²) in [6, 6.07) is 26.2. The monoisotopic (exact) mass is 557 g/mol. The first-order valence-electron chi connectivity index (χ1n) is 14.2. The van der Waals surface area contributed by atoms with Crippen LogP contribution in [0.15, 0.2) is 90.0 Å². The third-order valence-electron chi connectivity index (χ3n) is 7.64. The van der Waals surface area contributed by atoms with Gasteiger partial charge >= 0.3 is 5.69 Å². The van der Waals surface area contributed by atoms with Crippen molar-refractivity contribution >= 4 is 11.4 Å². The van der Waals surface area contributed by atoms with Crippen LogP contribution in [0.2, 0.25) is 0 Å². The van der Waals surface area contributed by atoms with Gasteiger partial charge in [0, 0.05) is 44.7 Å². The Morgan fingerprint density at radius 2 is 1.41 bits per heavy atom. The van der Waals surface area contributed by atoms with Crippen molar-refractivity contribution in [1.29, 1.82) is 0 Å². The van der Waals surface area contributed by atoms with Crippen molar-refractivity contribution in [3.8, 4) is 11.4 Å². The number of ether oxygens (including phenoxy) is 3. The molecule has 41 heavy (non-hydrogen) atoms. The highest BCUT2D eigenvalue weighted by Gasteiger charge is 2.23. The Morgan fingerprint density at radius 1 is 0.829 bits per heavy atom. The molecule has 1 saturated heterocycles. The van der Waals surface area contributed by atoms with Crippen LogP contribution in [0.3, 0.4) is 0 Å². The van der Waals surface area contributed by atoms with Crippen molar-refractivity contribution in [2.75, 3.05) is 49.9 Å². The molecule has 0 saturated carbocycles. The lowest BCUT2D eigenvalue weighted by atomic mass is 10.1. The number of nitrogens with zero attached hydrogens (tertiary/aromatic N) is 5. The maximum Gasteiger partial charge on any atom is 0.350 e. The molecule has 1 fully saturated rings. The molecule has 9 heteroatoms. The summed E-state index contributed by atoms with van der Waals surface area (Å²) in [6.45, 7) is 8.49. The van der Waals surface area contributed by atoms with Crippen LogP contribution in [0.4, 0.5) is 11.4 Å². The Balaban J connectivity index is 1.19. The zero-order chi connectivity index (χ0) is 28.6. The summed E-state index contributed by atoms with van der Waals surface area (Å²) in [4.78, 5) is 18.1. The van der Waals surface area contributed by atoms with Gasteiger partial charge in [0.2, 0.25) is 0 Å². The average Bonchev–Trinajstić information content (AvgIpc) is 3.41. The van der Waals surface area contributed by atoms with Crippen LogP contribution in [0.25, 0.3) is 5.69 Å². The summed E-state index contributed by atoms with van der Waals surface area (Å²) in [6.07, 6.45) is 2.18. The summed E-state index contributed by atoms with van der Waals surface area (Å²) in [5.41, 5.74) is 4.08. The first kappa shape index (κ1) is 28.4. The van der Waals surface area contributed by atoms with E-state index in [-0.39, 0.29) is 24.6 Å². The molecule has 1 aliphatic rings. The molecule has 4 aromatic rings. The predicted octanol–water partition coefficient (Wildman–Crippen LogP) is 4.90. The van der Waals surface area contributed by atoms with Gasteiger partial charge < -0.3 is 24.0 Å². The van der Waals surface area contributed by atoms with Gasteiger partial charge in [0.1, 0.15) is 12.1 Å². The van der Waals surface area contributed by atoms with Gasteiger partial charge in [-0.3, -0.25) is 0 Å². The van der Waals surface area contributed by atoms with Gasteiger partial charge in [0.05, 0.1) is 24.4 Å². The number of hydrogen-bond acceptors (Lipinski definition) is 7. The van der Waals surface area contributed by atoms with Crippen LogP contribution in [0.1, 0.15) is 31.9 Å². The van der Waals surface area contributed by atoms with Crippen LogP contribution >= 0.6 is 0 Å². The lowest BCUT2D eigenvalue weighted by Gasteiger charge is -2.37. The zero-order valence-corrected chi connectivity index (χ0v) is 24.1. The Bertz CT molecular complexity index is 1410. The van der Waals surface area contributed by atoms with E-state index in [4.69, 9.17) is 14.2 Å². The Kier molecular flexibility index (Phi) is 9.38. The van der Waals surface area contributed by atoms with E-state index in [1.807, 2.05) is 61.5 Å². The molecule has 1 aromatic heterocycles. The fourth-order valence-electron chi connectivity index (χ4n) is 5.26. The van der Waals surface area contributed by atoms with E-state index in [1.54, 1.807) is 22.7 Å². The molecule has 216 valence electrons. The van der Waals surface area contributed by atoms with Crippen LogP contribution in [0, 0.1) is 0 Å². The van der Waals surface area contributed by atoms with Gasteiger partial charge in [0.25, 0.3) is 0 Å². The van der Waals surface area contributed by atoms with E-state index in [0.717, 1.165) is 55.3 Å². The minimum atomic E-state index is -0.163. The number of methoxy groups -OCH3 is 1. The van der Waals surface area contributed by atoms with Gasteiger partial charge in [-0.25, -0.2) is 14.0 Å². The highest BCUT2D eigenvalue weighted by Crippen LogP contribution is 2.24. The van der Waals surface area contributed by atoms with E-state index in [9.17, 15) is 4.79 Å². The van der Waals surface area contributed by atoms with E-state index >= 15 is 0 Å². The molecule has 5 rings (SSSR count). The number of aromatic nitrogens is 3. The van der Waals surface area contributed by atoms with Crippen LogP contribution in [-0.4, -0.2) is 60.5 Å². The van der Waals surface area contributed by atoms with Crippen molar-refractivity contribution in [3.63, 3.8) is 0 Å². The van der Waals surface area contributed by atoms with Gasteiger partial charge in [-0.05, 0) is 67.4 Å². The van der Waals surface area contributed by atoms with Crippen molar-refractivity contribution in [3.05, 3.63) is 101 Å². The van der Waals surface area contributed by atoms with Crippen LogP contribution in [0.5, 0.6) is 5.75 Å². The number of anilines is 2. The smallest absolute Gasteiger partial charge is 0.350 e. The second-order valence-corrected chi connectivity index (χ2v) is 10.2.